The SMILES string of the molecule is CC(C)NC1(CO)CCCC(C2CC2)C1. The summed E-state index contributed by atoms with van der Waals surface area (Å²) in [5, 5.41) is 13.3. The van der Waals surface area contributed by atoms with E-state index in [0.29, 0.717) is 12.6 Å². The van der Waals surface area contributed by atoms with Gasteiger partial charge in [0.1, 0.15) is 0 Å². The molecule has 0 aromatic heterocycles. The molecular weight excluding hydrogens is 186 g/mol. The first-order chi connectivity index (χ1) is 7.15. The highest BCUT2D eigenvalue weighted by atomic mass is 16.3. The van der Waals surface area contributed by atoms with Crippen LogP contribution in [0.4, 0.5) is 0 Å². The van der Waals surface area contributed by atoms with E-state index in [2.05, 4.69) is 19.2 Å². The molecule has 2 aliphatic rings. The average Bonchev–Trinajstić information content (AvgIpc) is 3.00. The number of aliphatic hydroxyl groups is 1. The third-order valence-corrected chi connectivity index (χ3v) is 4.07. The summed E-state index contributed by atoms with van der Waals surface area (Å²) in [6.07, 6.45) is 7.92. The van der Waals surface area contributed by atoms with Crippen LogP contribution in [0.5, 0.6) is 0 Å². The summed E-state index contributed by atoms with van der Waals surface area (Å²) in [7, 11) is 0. The second-order valence-corrected chi connectivity index (χ2v) is 5.93. The summed E-state index contributed by atoms with van der Waals surface area (Å²) in [5.74, 6) is 1.88. The van der Waals surface area contributed by atoms with Crippen LogP contribution in [0, 0.1) is 11.8 Å². The van der Waals surface area contributed by atoms with Crippen LogP contribution in [0.3, 0.4) is 0 Å². The summed E-state index contributed by atoms with van der Waals surface area (Å²) in [6, 6.07) is 0.482. The number of nitrogens with one attached hydrogen (secondary N) is 1. The van der Waals surface area contributed by atoms with Crippen molar-refractivity contribution in [2.45, 2.75) is 64.0 Å². The highest BCUT2D eigenvalue weighted by molar-refractivity contribution is 4.97. The van der Waals surface area contributed by atoms with Crippen LogP contribution >= 0.6 is 0 Å². The average molecular weight is 211 g/mol. The summed E-state index contributed by atoms with van der Waals surface area (Å²) in [6.45, 7) is 4.67. The molecule has 0 bridgehead atoms. The molecule has 0 aromatic carbocycles. The Balaban J connectivity index is 1.96. The quantitative estimate of drug-likeness (QED) is 0.748. The molecule has 0 radical (unpaired) electrons. The Bertz CT molecular complexity index is 213. The Morgan fingerprint density at radius 1 is 1.27 bits per heavy atom. The molecule has 0 spiro atoms. The highest BCUT2D eigenvalue weighted by Gasteiger charge is 2.41. The van der Waals surface area contributed by atoms with Crippen LogP contribution in [0.2, 0.25) is 0 Å². The van der Waals surface area contributed by atoms with Crippen molar-refractivity contribution in [2.75, 3.05) is 6.61 Å². The van der Waals surface area contributed by atoms with Crippen LogP contribution in [-0.4, -0.2) is 23.3 Å². The molecule has 0 heterocycles. The minimum absolute atomic E-state index is 0.0413. The molecule has 0 aromatic rings. The lowest BCUT2D eigenvalue weighted by atomic mass is 9.74. The number of hydrogen-bond acceptors (Lipinski definition) is 2. The fourth-order valence-corrected chi connectivity index (χ4v) is 3.31. The van der Waals surface area contributed by atoms with Crippen LogP contribution < -0.4 is 5.32 Å². The van der Waals surface area contributed by atoms with Crippen molar-refractivity contribution in [3.8, 4) is 0 Å². The topological polar surface area (TPSA) is 32.3 Å². The van der Waals surface area contributed by atoms with Gasteiger partial charge in [-0.3, -0.25) is 0 Å². The van der Waals surface area contributed by atoms with Gasteiger partial charge >= 0.3 is 0 Å². The van der Waals surface area contributed by atoms with Gasteiger partial charge in [-0.15, -0.1) is 0 Å². The van der Waals surface area contributed by atoms with Crippen molar-refractivity contribution in [3.63, 3.8) is 0 Å². The van der Waals surface area contributed by atoms with Crippen molar-refractivity contribution in [3.05, 3.63) is 0 Å². The lowest BCUT2D eigenvalue weighted by Crippen LogP contribution is -2.54. The minimum Gasteiger partial charge on any atom is -0.394 e. The fraction of sp³-hybridized carbons (Fsp3) is 1.00. The smallest absolute Gasteiger partial charge is 0.0613 e. The summed E-state index contributed by atoms with van der Waals surface area (Å²) in [5.41, 5.74) is 0.0413. The molecular formula is C13H25NO. The first kappa shape index (κ1) is 11.4. The van der Waals surface area contributed by atoms with Crippen LogP contribution in [0.25, 0.3) is 0 Å². The van der Waals surface area contributed by atoms with Crippen molar-refractivity contribution >= 4 is 0 Å². The van der Waals surface area contributed by atoms with Gasteiger partial charge in [-0.2, -0.15) is 0 Å². The van der Waals surface area contributed by atoms with E-state index >= 15 is 0 Å². The Hall–Kier alpha value is -0.0800. The van der Waals surface area contributed by atoms with Gasteiger partial charge in [0.25, 0.3) is 0 Å². The van der Waals surface area contributed by atoms with E-state index in [1.165, 1.54) is 32.1 Å². The summed E-state index contributed by atoms with van der Waals surface area (Å²) in [4.78, 5) is 0. The third kappa shape index (κ3) is 2.73. The first-order valence-electron chi connectivity index (χ1n) is 6.54. The Kier molecular flexibility index (Phi) is 3.36. The molecule has 0 amide bonds. The second-order valence-electron chi connectivity index (χ2n) is 5.93. The molecule has 2 saturated carbocycles. The molecule has 0 aliphatic heterocycles. The Morgan fingerprint density at radius 3 is 2.53 bits per heavy atom. The standard InChI is InChI=1S/C13H25NO/c1-10(2)14-13(9-15)7-3-4-12(8-13)11-5-6-11/h10-12,14-15H,3-9H2,1-2H3. The molecule has 15 heavy (non-hydrogen) atoms. The van der Waals surface area contributed by atoms with Gasteiger partial charge in [0, 0.05) is 11.6 Å². The van der Waals surface area contributed by atoms with Gasteiger partial charge in [-0.1, -0.05) is 26.7 Å². The predicted molar refractivity (Wildman–Crippen MR) is 62.8 cm³/mol. The van der Waals surface area contributed by atoms with E-state index in [1.807, 2.05) is 0 Å². The largest absolute Gasteiger partial charge is 0.394 e. The van der Waals surface area contributed by atoms with E-state index in [1.54, 1.807) is 0 Å². The number of rotatable bonds is 4. The molecule has 2 nitrogen and oxygen atoms in total. The zero-order chi connectivity index (χ0) is 10.9. The lowest BCUT2D eigenvalue weighted by molar-refractivity contribution is 0.0819. The van der Waals surface area contributed by atoms with E-state index in [0.717, 1.165) is 18.3 Å². The summed E-state index contributed by atoms with van der Waals surface area (Å²) >= 11 is 0. The number of hydrogen-bond donors (Lipinski definition) is 2. The van der Waals surface area contributed by atoms with Gasteiger partial charge < -0.3 is 10.4 Å². The molecule has 88 valence electrons. The van der Waals surface area contributed by atoms with Gasteiger partial charge in [-0.25, -0.2) is 0 Å². The van der Waals surface area contributed by atoms with Gasteiger partial charge in [0.05, 0.1) is 6.61 Å². The fourth-order valence-electron chi connectivity index (χ4n) is 3.31. The van der Waals surface area contributed by atoms with E-state index in [-0.39, 0.29) is 5.54 Å². The molecule has 2 aliphatic carbocycles. The Morgan fingerprint density at radius 2 is 2.00 bits per heavy atom. The van der Waals surface area contributed by atoms with Crippen LogP contribution in [0.15, 0.2) is 0 Å². The molecule has 2 unspecified atom stereocenters. The maximum atomic E-state index is 9.65. The molecule has 2 atom stereocenters. The molecule has 2 fully saturated rings. The van der Waals surface area contributed by atoms with Crippen molar-refractivity contribution in [1.29, 1.82) is 0 Å². The normalized spacial score (nSPS) is 37.2. The molecule has 2 rings (SSSR count). The maximum Gasteiger partial charge on any atom is 0.0613 e. The van der Waals surface area contributed by atoms with Crippen molar-refractivity contribution in [2.24, 2.45) is 11.8 Å². The zero-order valence-corrected chi connectivity index (χ0v) is 10.1. The van der Waals surface area contributed by atoms with Gasteiger partial charge in [-0.05, 0) is 37.5 Å². The monoisotopic (exact) mass is 211 g/mol. The van der Waals surface area contributed by atoms with Gasteiger partial charge in [0.15, 0.2) is 0 Å². The van der Waals surface area contributed by atoms with Gasteiger partial charge in [0.2, 0.25) is 0 Å². The molecule has 2 heteroatoms. The predicted octanol–water partition coefficient (Wildman–Crippen LogP) is 2.32. The number of aliphatic hydroxyl groups excluding tert-OH is 1. The third-order valence-electron chi connectivity index (χ3n) is 4.07. The first-order valence-corrected chi connectivity index (χ1v) is 6.54. The van der Waals surface area contributed by atoms with Crippen LogP contribution in [0.1, 0.15) is 52.4 Å². The van der Waals surface area contributed by atoms with Crippen molar-refractivity contribution in [1.82, 2.24) is 5.32 Å². The highest BCUT2D eigenvalue weighted by Crippen LogP contribution is 2.46. The van der Waals surface area contributed by atoms with E-state index in [9.17, 15) is 5.11 Å². The van der Waals surface area contributed by atoms with Crippen LogP contribution in [-0.2, 0) is 0 Å². The minimum atomic E-state index is 0.0413. The summed E-state index contributed by atoms with van der Waals surface area (Å²) < 4.78 is 0. The van der Waals surface area contributed by atoms with E-state index in [4.69, 9.17) is 0 Å². The van der Waals surface area contributed by atoms with Crippen molar-refractivity contribution < 1.29 is 5.11 Å². The molecule has 2 N–H and O–H groups in total. The molecule has 0 saturated heterocycles. The van der Waals surface area contributed by atoms with E-state index < -0.39 is 0 Å². The zero-order valence-electron chi connectivity index (χ0n) is 10.1. The second kappa shape index (κ2) is 4.42. The Labute approximate surface area is 93.5 Å². The lowest BCUT2D eigenvalue weighted by Gasteiger charge is -2.42. The maximum absolute atomic E-state index is 9.65.